The second-order valence-electron chi connectivity index (χ2n) is 6.09. The fourth-order valence-corrected chi connectivity index (χ4v) is 3.21. The highest BCUT2D eigenvalue weighted by atomic mass is 35.5. The average Bonchev–Trinajstić information content (AvgIpc) is 2.59. The molecule has 112 valence electrons. The van der Waals surface area contributed by atoms with E-state index in [1.165, 1.54) is 19.3 Å². The average molecular weight is 288 g/mol. The van der Waals surface area contributed by atoms with E-state index in [0.717, 1.165) is 38.6 Å². The molecule has 3 heteroatoms. The van der Waals surface area contributed by atoms with Crippen LogP contribution in [0.15, 0.2) is 0 Å². The van der Waals surface area contributed by atoms with Crippen LogP contribution in [0.25, 0.3) is 0 Å². The number of carbonyl (C=O) groups excluding carboxylic acids is 1. The minimum Gasteiger partial charge on any atom is -0.339 e. The van der Waals surface area contributed by atoms with E-state index in [4.69, 9.17) is 11.6 Å². The Bertz CT molecular complexity index is 267. The van der Waals surface area contributed by atoms with Crippen LogP contribution < -0.4 is 0 Å². The van der Waals surface area contributed by atoms with E-state index in [-0.39, 0.29) is 11.3 Å². The molecule has 0 aliphatic carbocycles. The van der Waals surface area contributed by atoms with Crippen molar-refractivity contribution in [1.82, 2.24) is 4.90 Å². The van der Waals surface area contributed by atoms with Crippen molar-refractivity contribution in [3.05, 3.63) is 0 Å². The highest BCUT2D eigenvalue weighted by Crippen LogP contribution is 2.24. The molecule has 1 fully saturated rings. The number of rotatable bonds is 6. The van der Waals surface area contributed by atoms with Crippen molar-refractivity contribution in [2.24, 2.45) is 5.92 Å². The van der Waals surface area contributed by atoms with Crippen LogP contribution in [-0.4, -0.2) is 28.8 Å². The Morgan fingerprint density at radius 2 is 2.05 bits per heavy atom. The van der Waals surface area contributed by atoms with Gasteiger partial charge in [0.1, 0.15) is 0 Å². The molecule has 0 bridgehead atoms. The summed E-state index contributed by atoms with van der Waals surface area (Å²) in [6.07, 6.45) is 9.05. The van der Waals surface area contributed by atoms with E-state index >= 15 is 0 Å². The molecule has 0 aromatic carbocycles. The third-order valence-corrected chi connectivity index (χ3v) is 4.35. The van der Waals surface area contributed by atoms with Crippen LogP contribution in [0.1, 0.15) is 72.1 Å². The van der Waals surface area contributed by atoms with E-state index in [2.05, 4.69) is 18.7 Å². The van der Waals surface area contributed by atoms with Gasteiger partial charge in [0.25, 0.3) is 0 Å². The van der Waals surface area contributed by atoms with Crippen molar-refractivity contribution < 1.29 is 4.79 Å². The molecule has 1 amide bonds. The highest BCUT2D eigenvalue weighted by molar-refractivity contribution is 6.20. The first-order valence-corrected chi connectivity index (χ1v) is 8.44. The predicted octanol–water partition coefficient (Wildman–Crippen LogP) is 4.60. The van der Waals surface area contributed by atoms with Gasteiger partial charge >= 0.3 is 0 Å². The largest absolute Gasteiger partial charge is 0.339 e. The molecule has 2 nitrogen and oxygen atoms in total. The predicted molar refractivity (Wildman–Crippen MR) is 82.6 cm³/mol. The Labute approximate surface area is 123 Å². The van der Waals surface area contributed by atoms with Gasteiger partial charge in [0.2, 0.25) is 5.91 Å². The Kier molecular flexibility index (Phi) is 7.82. The zero-order chi connectivity index (χ0) is 14.3. The highest BCUT2D eigenvalue weighted by Gasteiger charge is 2.28. The van der Waals surface area contributed by atoms with Gasteiger partial charge in [0.15, 0.2) is 0 Å². The molecular weight excluding hydrogens is 258 g/mol. The van der Waals surface area contributed by atoms with Gasteiger partial charge in [-0.1, -0.05) is 39.5 Å². The number of unbranched alkanes of at least 4 members (excludes halogenated alkanes) is 1. The molecule has 1 saturated heterocycles. The standard InChI is InChI=1S/C16H30ClNO/c1-4-5-9-13(2)16(19)18-11-8-6-7-10-15(18)12-14(3)17/h13-15H,4-12H2,1-3H3. The quantitative estimate of drug-likeness (QED) is 0.654. The molecule has 1 heterocycles. The normalized spacial score (nSPS) is 23.8. The van der Waals surface area contributed by atoms with Crippen LogP contribution in [0.5, 0.6) is 0 Å². The summed E-state index contributed by atoms with van der Waals surface area (Å²) in [6, 6.07) is 0.367. The van der Waals surface area contributed by atoms with Crippen LogP contribution in [0.3, 0.4) is 0 Å². The first kappa shape index (κ1) is 16.8. The summed E-state index contributed by atoms with van der Waals surface area (Å²) in [5, 5.41) is 0.157. The lowest BCUT2D eigenvalue weighted by Gasteiger charge is -2.33. The Hall–Kier alpha value is -0.240. The molecule has 0 spiro atoms. The van der Waals surface area contributed by atoms with E-state index in [9.17, 15) is 4.79 Å². The van der Waals surface area contributed by atoms with Crippen LogP contribution in [-0.2, 0) is 4.79 Å². The summed E-state index contributed by atoms with van der Waals surface area (Å²) in [6.45, 7) is 7.24. The van der Waals surface area contributed by atoms with E-state index in [1.54, 1.807) is 0 Å². The molecular formula is C16H30ClNO. The fraction of sp³-hybridized carbons (Fsp3) is 0.938. The molecule has 1 aliphatic rings. The van der Waals surface area contributed by atoms with Gasteiger partial charge in [-0.05, 0) is 32.6 Å². The number of amides is 1. The summed E-state index contributed by atoms with van der Waals surface area (Å²) in [5.41, 5.74) is 0. The molecule has 1 aliphatic heterocycles. The van der Waals surface area contributed by atoms with E-state index in [1.807, 2.05) is 6.92 Å². The second kappa shape index (κ2) is 8.84. The summed E-state index contributed by atoms with van der Waals surface area (Å²) < 4.78 is 0. The number of alkyl halides is 1. The van der Waals surface area contributed by atoms with Crippen molar-refractivity contribution in [1.29, 1.82) is 0 Å². The molecule has 0 saturated carbocycles. The Morgan fingerprint density at radius 1 is 1.32 bits per heavy atom. The van der Waals surface area contributed by atoms with Crippen molar-refractivity contribution in [2.75, 3.05) is 6.54 Å². The SMILES string of the molecule is CCCCC(C)C(=O)N1CCCCCC1CC(C)Cl. The van der Waals surface area contributed by atoms with Crippen LogP contribution in [0.2, 0.25) is 0 Å². The monoisotopic (exact) mass is 287 g/mol. The maximum atomic E-state index is 12.6. The smallest absolute Gasteiger partial charge is 0.225 e. The first-order valence-electron chi connectivity index (χ1n) is 8.00. The van der Waals surface area contributed by atoms with Gasteiger partial charge in [0, 0.05) is 23.9 Å². The molecule has 19 heavy (non-hydrogen) atoms. The van der Waals surface area contributed by atoms with Crippen LogP contribution in [0, 0.1) is 5.92 Å². The first-order chi connectivity index (χ1) is 9.06. The zero-order valence-electron chi connectivity index (χ0n) is 12.8. The maximum Gasteiger partial charge on any atom is 0.225 e. The molecule has 3 unspecified atom stereocenters. The topological polar surface area (TPSA) is 20.3 Å². The molecule has 3 atom stereocenters. The van der Waals surface area contributed by atoms with Gasteiger partial charge < -0.3 is 4.90 Å². The Morgan fingerprint density at radius 3 is 2.68 bits per heavy atom. The summed E-state index contributed by atoms with van der Waals surface area (Å²) in [5.74, 6) is 0.531. The van der Waals surface area contributed by atoms with Gasteiger partial charge in [-0.2, -0.15) is 0 Å². The summed E-state index contributed by atoms with van der Waals surface area (Å²) >= 11 is 6.16. The lowest BCUT2D eigenvalue weighted by atomic mass is 9.99. The van der Waals surface area contributed by atoms with Crippen molar-refractivity contribution in [3.63, 3.8) is 0 Å². The molecule has 1 rings (SSSR count). The van der Waals surface area contributed by atoms with Gasteiger partial charge in [0.05, 0.1) is 0 Å². The van der Waals surface area contributed by atoms with Crippen molar-refractivity contribution in [3.8, 4) is 0 Å². The number of likely N-dealkylation sites (tertiary alicyclic amines) is 1. The van der Waals surface area contributed by atoms with Crippen molar-refractivity contribution >= 4 is 17.5 Å². The molecule has 0 N–H and O–H groups in total. The molecule has 0 radical (unpaired) electrons. The number of carbonyl (C=O) groups is 1. The van der Waals surface area contributed by atoms with Crippen molar-refractivity contribution in [2.45, 2.75) is 83.6 Å². The zero-order valence-corrected chi connectivity index (χ0v) is 13.6. The summed E-state index contributed by atoms with van der Waals surface area (Å²) in [4.78, 5) is 14.8. The van der Waals surface area contributed by atoms with Crippen LogP contribution >= 0.6 is 11.6 Å². The van der Waals surface area contributed by atoms with E-state index in [0.29, 0.717) is 11.9 Å². The summed E-state index contributed by atoms with van der Waals surface area (Å²) in [7, 11) is 0. The number of hydrogen-bond acceptors (Lipinski definition) is 1. The number of halogens is 1. The third kappa shape index (κ3) is 5.72. The second-order valence-corrected chi connectivity index (χ2v) is 6.84. The number of nitrogens with zero attached hydrogens (tertiary/aromatic N) is 1. The minimum atomic E-state index is 0.157. The van der Waals surface area contributed by atoms with E-state index < -0.39 is 0 Å². The van der Waals surface area contributed by atoms with Gasteiger partial charge in [-0.15, -0.1) is 11.6 Å². The van der Waals surface area contributed by atoms with Gasteiger partial charge in [-0.3, -0.25) is 4.79 Å². The van der Waals surface area contributed by atoms with Gasteiger partial charge in [-0.25, -0.2) is 0 Å². The molecule has 0 aromatic heterocycles. The number of hydrogen-bond donors (Lipinski definition) is 0. The molecule has 0 aromatic rings. The van der Waals surface area contributed by atoms with Crippen LogP contribution in [0.4, 0.5) is 0 Å². The lowest BCUT2D eigenvalue weighted by Crippen LogP contribution is -2.43. The third-order valence-electron chi connectivity index (χ3n) is 4.17. The fourth-order valence-electron chi connectivity index (χ4n) is 3.00. The lowest BCUT2D eigenvalue weighted by molar-refractivity contribution is -0.137. The Balaban J connectivity index is 2.64. The maximum absolute atomic E-state index is 12.6. The minimum absolute atomic E-state index is 0.157.